The molecule has 0 aromatic carbocycles. The molecule has 1 unspecified atom stereocenters. The van der Waals surface area contributed by atoms with Crippen LogP contribution in [-0.4, -0.2) is 36.2 Å². The van der Waals surface area contributed by atoms with Crippen molar-refractivity contribution in [1.82, 2.24) is 4.90 Å². The highest BCUT2D eigenvalue weighted by molar-refractivity contribution is 6.18. The average Bonchev–Trinajstić information content (AvgIpc) is 2.16. The van der Waals surface area contributed by atoms with E-state index in [4.69, 9.17) is 11.6 Å². The summed E-state index contributed by atoms with van der Waals surface area (Å²) in [4.78, 5) is 12.8. The second-order valence-corrected chi connectivity index (χ2v) is 3.93. The van der Waals surface area contributed by atoms with E-state index in [1.54, 1.807) is 6.92 Å². The molecule has 0 N–H and O–H groups in total. The highest BCUT2D eigenvalue weighted by atomic mass is 35.5. The molecule has 0 aliphatic rings. The number of hydrogen-bond acceptors (Lipinski definition) is 1. The second-order valence-electron chi connectivity index (χ2n) is 3.55. The molecule has 0 saturated heterocycles. The summed E-state index contributed by atoms with van der Waals surface area (Å²) in [6.07, 6.45) is -0.900. The number of halogens is 3. The second kappa shape index (κ2) is 7.85. The summed E-state index contributed by atoms with van der Waals surface area (Å²) < 4.78 is 24.4. The molecule has 0 aromatic heterocycles. The van der Waals surface area contributed by atoms with E-state index in [1.165, 1.54) is 0 Å². The average molecular weight is 242 g/mol. The Morgan fingerprint density at radius 1 is 1.47 bits per heavy atom. The lowest BCUT2D eigenvalue weighted by Gasteiger charge is -2.24. The van der Waals surface area contributed by atoms with Gasteiger partial charge in [0, 0.05) is 18.3 Å². The van der Waals surface area contributed by atoms with Crippen LogP contribution in [0.25, 0.3) is 0 Å². The minimum Gasteiger partial charge on any atom is -0.336 e. The molecule has 0 saturated carbocycles. The van der Waals surface area contributed by atoms with Gasteiger partial charge in [-0.2, -0.15) is 0 Å². The number of carbonyl (C=O) groups excluding carboxylic acids is 1. The summed E-state index contributed by atoms with van der Waals surface area (Å²) in [6.45, 7) is 3.40. The zero-order chi connectivity index (χ0) is 11.8. The van der Waals surface area contributed by atoms with Crippen molar-refractivity contribution in [3.63, 3.8) is 0 Å². The van der Waals surface area contributed by atoms with E-state index in [0.29, 0.717) is 0 Å². The van der Waals surface area contributed by atoms with Crippen molar-refractivity contribution in [2.45, 2.75) is 33.1 Å². The Balaban J connectivity index is 4.26. The van der Waals surface area contributed by atoms with Crippen LogP contribution in [-0.2, 0) is 4.79 Å². The van der Waals surface area contributed by atoms with Gasteiger partial charge in [0.2, 0.25) is 5.91 Å². The predicted molar refractivity (Wildman–Crippen MR) is 57.4 cm³/mol. The van der Waals surface area contributed by atoms with Crippen molar-refractivity contribution in [2.75, 3.05) is 19.0 Å². The van der Waals surface area contributed by atoms with E-state index in [0.717, 1.165) is 17.7 Å². The first-order valence-corrected chi connectivity index (χ1v) is 5.69. The molecule has 5 heteroatoms. The summed E-state index contributed by atoms with van der Waals surface area (Å²) in [5.41, 5.74) is 0. The molecule has 0 aromatic rings. The first-order valence-electron chi connectivity index (χ1n) is 5.15. The fourth-order valence-corrected chi connectivity index (χ4v) is 1.63. The SMILES string of the molecule is CCCC(C)C(=O)N(CCCl)CC(F)F. The van der Waals surface area contributed by atoms with Crippen LogP contribution in [0.1, 0.15) is 26.7 Å². The molecule has 0 fully saturated rings. The molecule has 1 atom stereocenters. The molecule has 0 rings (SSSR count). The van der Waals surface area contributed by atoms with E-state index < -0.39 is 13.0 Å². The monoisotopic (exact) mass is 241 g/mol. The van der Waals surface area contributed by atoms with E-state index in [-0.39, 0.29) is 24.2 Å². The van der Waals surface area contributed by atoms with Gasteiger partial charge in [-0.3, -0.25) is 4.79 Å². The number of amides is 1. The lowest BCUT2D eigenvalue weighted by molar-refractivity contribution is -0.136. The molecule has 0 radical (unpaired) electrons. The van der Waals surface area contributed by atoms with Crippen LogP contribution in [0.4, 0.5) is 8.78 Å². The van der Waals surface area contributed by atoms with E-state index in [9.17, 15) is 13.6 Å². The Kier molecular flexibility index (Phi) is 7.65. The zero-order valence-corrected chi connectivity index (χ0v) is 9.94. The van der Waals surface area contributed by atoms with Crippen LogP contribution in [0.5, 0.6) is 0 Å². The van der Waals surface area contributed by atoms with Gasteiger partial charge >= 0.3 is 0 Å². The molecule has 15 heavy (non-hydrogen) atoms. The first kappa shape index (κ1) is 14.6. The maximum Gasteiger partial charge on any atom is 0.255 e. The summed E-state index contributed by atoms with van der Waals surface area (Å²) in [5, 5.41) is 0. The maximum atomic E-state index is 12.2. The molecular formula is C10H18ClF2NO. The Bertz CT molecular complexity index is 190. The highest BCUT2D eigenvalue weighted by Crippen LogP contribution is 2.11. The van der Waals surface area contributed by atoms with E-state index in [2.05, 4.69) is 0 Å². The summed E-state index contributed by atoms with van der Waals surface area (Å²) in [5.74, 6) is -0.230. The largest absolute Gasteiger partial charge is 0.336 e. The normalized spacial score (nSPS) is 12.9. The smallest absolute Gasteiger partial charge is 0.255 e. The van der Waals surface area contributed by atoms with Gasteiger partial charge in [-0.05, 0) is 6.42 Å². The summed E-state index contributed by atoms with van der Waals surface area (Å²) in [6, 6.07) is 0. The van der Waals surface area contributed by atoms with Gasteiger partial charge < -0.3 is 4.90 Å². The maximum absolute atomic E-state index is 12.2. The van der Waals surface area contributed by atoms with Crippen LogP contribution in [0.3, 0.4) is 0 Å². The van der Waals surface area contributed by atoms with Crippen molar-refractivity contribution in [3.05, 3.63) is 0 Å². The number of hydrogen-bond donors (Lipinski definition) is 0. The molecule has 90 valence electrons. The standard InChI is InChI=1S/C10H18ClF2NO/c1-3-4-8(2)10(15)14(6-5-11)7-9(12)13/h8-9H,3-7H2,1-2H3. The third-order valence-corrected chi connectivity index (χ3v) is 2.34. The van der Waals surface area contributed by atoms with Gasteiger partial charge in [-0.15, -0.1) is 11.6 Å². The number of carbonyl (C=O) groups is 1. The van der Waals surface area contributed by atoms with Gasteiger partial charge in [0.25, 0.3) is 6.43 Å². The molecule has 0 aliphatic carbocycles. The van der Waals surface area contributed by atoms with Crippen LogP contribution in [0, 0.1) is 5.92 Å². The van der Waals surface area contributed by atoms with Crippen molar-refractivity contribution in [3.8, 4) is 0 Å². The summed E-state index contributed by atoms with van der Waals surface area (Å²) in [7, 11) is 0. The minimum atomic E-state index is -2.49. The van der Waals surface area contributed by atoms with Crippen molar-refractivity contribution in [2.24, 2.45) is 5.92 Å². The van der Waals surface area contributed by atoms with Crippen LogP contribution < -0.4 is 0 Å². The molecule has 2 nitrogen and oxygen atoms in total. The van der Waals surface area contributed by atoms with Gasteiger partial charge in [0.15, 0.2) is 0 Å². The minimum absolute atomic E-state index is 0.192. The predicted octanol–water partition coefficient (Wildman–Crippen LogP) is 2.76. The Hall–Kier alpha value is -0.380. The Morgan fingerprint density at radius 2 is 2.07 bits per heavy atom. The highest BCUT2D eigenvalue weighted by Gasteiger charge is 2.21. The van der Waals surface area contributed by atoms with Crippen LogP contribution in [0.2, 0.25) is 0 Å². The summed E-state index contributed by atoms with van der Waals surface area (Å²) >= 11 is 5.47. The van der Waals surface area contributed by atoms with Gasteiger partial charge in [-0.25, -0.2) is 8.78 Å². The Labute approximate surface area is 94.6 Å². The Morgan fingerprint density at radius 3 is 2.47 bits per heavy atom. The molecule has 0 spiro atoms. The quantitative estimate of drug-likeness (QED) is 0.628. The van der Waals surface area contributed by atoms with Crippen molar-refractivity contribution >= 4 is 17.5 Å². The van der Waals surface area contributed by atoms with Crippen molar-refractivity contribution in [1.29, 1.82) is 0 Å². The van der Waals surface area contributed by atoms with Crippen molar-refractivity contribution < 1.29 is 13.6 Å². The third-order valence-electron chi connectivity index (χ3n) is 2.17. The zero-order valence-electron chi connectivity index (χ0n) is 9.18. The number of alkyl halides is 3. The van der Waals surface area contributed by atoms with E-state index in [1.807, 2.05) is 6.92 Å². The van der Waals surface area contributed by atoms with Gasteiger partial charge in [0.05, 0.1) is 6.54 Å². The topological polar surface area (TPSA) is 20.3 Å². The van der Waals surface area contributed by atoms with Crippen LogP contribution in [0.15, 0.2) is 0 Å². The lowest BCUT2D eigenvalue weighted by Crippen LogP contribution is -2.39. The molecule has 0 heterocycles. The van der Waals surface area contributed by atoms with Gasteiger partial charge in [-0.1, -0.05) is 20.3 Å². The first-order chi connectivity index (χ1) is 7.02. The molecule has 0 bridgehead atoms. The number of nitrogens with zero attached hydrogens (tertiary/aromatic N) is 1. The van der Waals surface area contributed by atoms with Crippen LogP contribution >= 0.6 is 11.6 Å². The molecular weight excluding hydrogens is 224 g/mol. The molecule has 1 amide bonds. The fourth-order valence-electron chi connectivity index (χ4n) is 1.43. The number of rotatable bonds is 7. The van der Waals surface area contributed by atoms with Gasteiger partial charge in [0.1, 0.15) is 0 Å². The fraction of sp³-hybridized carbons (Fsp3) is 0.900. The lowest BCUT2D eigenvalue weighted by atomic mass is 10.0. The molecule has 0 aliphatic heterocycles. The third kappa shape index (κ3) is 5.92. The van der Waals surface area contributed by atoms with E-state index >= 15 is 0 Å².